The van der Waals surface area contributed by atoms with Crippen molar-refractivity contribution in [1.29, 1.82) is 0 Å². The molecule has 1 N–H and O–H groups in total. The number of para-hydroxylation sites is 1. The normalized spacial score (nSPS) is 13.7. The summed E-state index contributed by atoms with van der Waals surface area (Å²) in [6.07, 6.45) is 1.85. The van der Waals surface area contributed by atoms with Gasteiger partial charge in [-0.1, -0.05) is 204 Å². The van der Waals surface area contributed by atoms with Gasteiger partial charge in [-0.05, 0) is 121 Å². The van der Waals surface area contributed by atoms with E-state index in [2.05, 4.69) is 123 Å². The van der Waals surface area contributed by atoms with Crippen LogP contribution in [0.5, 0.6) is 5.75 Å². The molecule has 0 saturated carbocycles. The first kappa shape index (κ1) is 45.5. The average molecular weight is 1130 g/mol. The van der Waals surface area contributed by atoms with Crippen LogP contribution in [0.2, 0.25) is 0 Å². The molecule has 0 unspecified atom stereocenters. The predicted octanol–water partition coefficient (Wildman–Crippen LogP) is 18.4. The maximum atomic E-state index is 12.6. The Balaban J connectivity index is 0.00000784. The zero-order valence-corrected chi connectivity index (χ0v) is 46.3. The van der Waals surface area contributed by atoms with Crippen LogP contribution in [0.15, 0.2) is 152 Å². The van der Waals surface area contributed by atoms with Crippen molar-refractivity contribution in [3.63, 3.8) is 0 Å². The van der Waals surface area contributed by atoms with E-state index < -0.39 is 18.6 Å². The molecule has 0 radical (unpaired) electrons. The van der Waals surface area contributed by atoms with E-state index in [0.717, 1.165) is 61.3 Å². The summed E-state index contributed by atoms with van der Waals surface area (Å²) >= 11 is 0. The van der Waals surface area contributed by atoms with Crippen LogP contribution in [0, 0.1) is 12.9 Å². The molecule has 0 atom stereocenters. The maximum Gasteiger partial charge on any atom is 0.148 e. The molecule has 9 rings (SSSR count). The van der Waals surface area contributed by atoms with Crippen LogP contribution in [0.25, 0.3) is 83.9 Å². The van der Waals surface area contributed by atoms with E-state index in [1.165, 1.54) is 5.56 Å². The van der Waals surface area contributed by atoms with Crippen LogP contribution in [0.1, 0.15) is 142 Å². The largest absolute Gasteiger partial charge is 0.507 e. The molecular formula is C67H70N3OPt-. The van der Waals surface area contributed by atoms with Gasteiger partial charge in [0.05, 0.1) is 22.3 Å². The Morgan fingerprint density at radius 3 is 1.76 bits per heavy atom. The van der Waals surface area contributed by atoms with Crippen LogP contribution in [0.3, 0.4) is 0 Å². The number of aromatic nitrogens is 3. The molecule has 4 nitrogen and oxygen atoms in total. The molecule has 0 aliphatic heterocycles. The molecule has 0 aliphatic rings. The fourth-order valence-corrected chi connectivity index (χ4v) is 9.43. The van der Waals surface area contributed by atoms with Gasteiger partial charge < -0.3 is 5.11 Å². The molecule has 2 aromatic heterocycles. The third-order valence-corrected chi connectivity index (χ3v) is 13.8. The summed E-state index contributed by atoms with van der Waals surface area (Å²) in [4.78, 5) is 10.5. The summed E-state index contributed by atoms with van der Waals surface area (Å²) in [5, 5.41) is 12.6. The summed E-state index contributed by atoms with van der Waals surface area (Å²) in [6, 6.07) is 52.4. The number of phenols is 1. The van der Waals surface area contributed by atoms with Crippen molar-refractivity contribution in [2.75, 3.05) is 0 Å². The van der Waals surface area contributed by atoms with Gasteiger partial charge in [-0.15, -0.1) is 29.3 Å². The first-order chi connectivity index (χ1) is 35.4. The third-order valence-electron chi connectivity index (χ3n) is 13.8. The predicted molar refractivity (Wildman–Crippen MR) is 301 cm³/mol. The molecule has 0 saturated heterocycles. The number of nitrogens with zero attached hydrogens (tertiary/aromatic N) is 3. The maximum absolute atomic E-state index is 12.6. The second kappa shape index (κ2) is 19.9. The monoisotopic (exact) mass is 1130 g/mol. The second-order valence-electron chi connectivity index (χ2n) is 22.7. The number of rotatable bonds is 9. The van der Waals surface area contributed by atoms with Crippen LogP contribution in [-0.4, -0.2) is 19.6 Å². The van der Waals surface area contributed by atoms with Gasteiger partial charge >= 0.3 is 0 Å². The molecule has 9 aromatic rings. The minimum absolute atomic E-state index is 0. The Hall–Kier alpha value is -6.35. The summed E-state index contributed by atoms with van der Waals surface area (Å²) in [5.74, 6) is -2.21. The summed E-state index contributed by atoms with van der Waals surface area (Å²) < 4.78 is 47.9. The van der Waals surface area contributed by atoms with Crippen molar-refractivity contribution in [3.05, 3.63) is 191 Å². The van der Waals surface area contributed by atoms with Gasteiger partial charge in [0.15, 0.2) is 0 Å². The number of phenolic OH excluding ortho intramolecular Hbond substituents is 1. The summed E-state index contributed by atoms with van der Waals surface area (Å²) in [6.45, 7) is 24.2. The van der Waals surface area contributed by atoms with E-state index in [9.17, 15) is 7.85 Å². The van der Waals surface area contributed by atoms with Crippen molar-refractivity contribution in [3.8, 4) is 78.6 Å². The fourth-order valence-electron chi connectivity index (χ4n) is 9.43. The molecule has 0 amide bonds. The smallest absolute Gasteiger partial charge is 0.148 e. The van der Waals surface area contributed by atoms with Crippen molar-refractivity contribution >= 4 is 11.0 Å². The van der Waals surface area contributed by atoms with E-state index in [1.807, 2.05) is 83.6 Å². The fraction of sp³-hybridized carbons (Fsp3) is 0.284. The van der Waals surface area contributed by atoms with Gasteiger partial charge in [0, 0.05) is 45.4 Å². The Morgan fingerprint density at radius 2 is 1.17 bits per heavy atom. The Morgan fingerprint density at radius 1 is 0.556 bits per heavy atom. The Kier molecular flexibility index (Phi) is 12.6. The van der Waals surface area contributed by atoms with E-state index in [4.69, 9.17) is 14.1 Å². The minimum Gasteiger partial charge on any atom is -0.507 e. The standard InChI is InChI=1S/C67H70N3O.Pt/c1-41(2)48-37-55(42(3)4)63(71)58(38-48)64-69-62-54(49-34-50(36-53(35-49)67(12,13)14)59-39-47(31-32-68-59)44-23-27-51(28-24-44)65(6,7)8)21-18-22-60(62)70(64)61-33-43(5)56(40-57(61)45-19-16-15-17-20-45)46-25-29-52(30-26-46)66(9,10)11;/h15-33,35-42,71H,1-14H3;/q-1;/i5D3,41D,42D;. The van der Waals surface area contributed by atoms with Gasteiger partial charge in [-0.25, -0.2) is 4.98 Å². The average Bonchev–Trinajstić information content (AvgIpc) is 3.74. The Bertz CT molecular complexity index is 3640. The van der Waals surface area contributed by atoms with Crippen LogP contribution < -0.4 is 0 Å². The topological polar surface area (TPSA) is 50.9 Å². The van der Waals surface area contributed by atoms with Crippen molar-refractivity contribution in [2.45, 2.75) is 125 Å². The van der Waals surface area contributed by atoms with Crippen LogP contribution in [-0.2, 0) is 37.3 Å². The van der Waals surface area contributed by atoms with Gasteiger partial charge in [-0.2, -0.15) is 0 Å². The SMILES string of the molecule is [2H]C([2H])([2H])c1cc(-n2c(-c3cc(C([2H])(C)C)cc(C([2H])(C)C)c3O)nc3c(-c4[c-]c(-c5cc(-c6ccc(C(C)(C)C)cc6)ccn5)cc(C(C)(C)C)c4)cccc32)c(-c2ccccc2)cc1-c1ccc(C(C)(C)C)cc1.[Pt]. The molecular weight excluding hydrogens is 1060 g/mol. The number of hydrogen-bond acceptors (Lipinski definition) is 3. The van der Waals surface area contributed by atoms with Gasteiger partial charge in [-0.3, -0.25) is 9.55 Å². The molecule has 5 heteroatoms. The molecule has 7 aromatic carbocycles. The van der Waals surface area contributed by atoms with Crippen molar-refractivity contribution in [1.82, 2.24) is 14.5 Å². The van der Waals surface area contributed by atoms with E-state index in [-0.39, 0.29) is 48.6 Å². The molecule has 0 bridgehead atoms. The zero-order chi connectivity index (χ0) is 55.1. The summed E-state index contributed by atoms with van der Waals surface area (Å²) in [5.41, 5.74) is 14.5. The van der Waals surface area contributed by atoms with Crippen LogP contribution >= 0.6 is 0 Å². The molecule has 370 valence electrons. The number of aromatic hydroxyl groups is 1. The van der Waals surface area contributed by atoms with E-state index in [0.29, 0.717) is 44.8 Å². The number of benzene rings is 7. The number of pyridine rings is 1. The molecule has 72 heavy (non-hydrogen) atoms. The van der Waals surface area contributed by atoms with Crippen molar-refractivity contribution < 1.29 is 33.0 Å². The van der Waals surface area contributed by atoms with E-state index in [1.54, 1.807) is 45.9 Å². The first-order valence-corrected chi connectivity index (χ1v) is 24.8. The number of imidazole rings is 1. The number of hydrogen-bond donors (Lipinski definition) is 1. The van der Waals surface area contributed by atoms with Crippen LogP contribution in [0.4, 0.5) is 0 Å². The molecule has 0 aliphatic carbocycles. The molecule has 2 heterocycles. The molecule has 0 fully saturated rings. The van der Waals surface area contributed by atoms with Gasteiger partial charge in [0.2, 0.25) is 0 Å². The number of fused-ring (bicyclic) bond motifs is 1. The zero-order valence-electron chi connectivity index (χ0n) is 49.0. The van der Waals surface area contributed by atoms with Gasteiger partial charge in [0.1, 0.15) is 11.6 Å². The molecule has 0 spiro atoms. The minimum atomic E-state index is -2.55. The Labute approximate surface area is 451 Å². The quantitative estimate of drug-likeness (QED) is 0.147. The first-order valence-electron chi connectivity index (χ1n) is 27.3. The third kappa shape index (κ3) is 10.3. The van der Waals surface area contributed by atoms with E-state index >= 15 is 0 Å². The van der Waals surface area contributed by atoms with Gasteiger partial charge in [0.25, 0.3) is 0 Å². The number of aryl methyl sites for hydroxylation is 1. The second-order valence-corrected chi connectivity index (χ2v) is 22.7. The summed E-state index contributed by atoms with van der Waals surface area (Å²) in [7, 11) is 0. The van der Waals surface area contributed by atoms with Crippen molar-refractivity contribution in [2.24, 2.45) is 0 Å².